The summed E-state index contributed by atoms with van der Waals surface area (Å²) in [4.78, 5) is 1.80. The van der Waals surface area contributed by atoms with Crippen molar-refractivity contribution in [1.82, 2.24) is 20.2 Å². The van der Waals surface area contributed by atoms with Crippen LogP contribution in [0.15, 0.2) is 6.33 Å². The average molecular weight is 194 g/mol. The van der Waals surface area contributed by atoms with Gasteiger partial charge in [-0.05, 0) is 18.1 Å². The van der Waals surface area contributed by atoms with Gasteiger partial charge >= 0.3 is 0 Å². The predicted octanol–water partition coefficient (Wildman–Crippen LogP) is 2.35. The molecule has 0 spiro atoms. The van der Waals surface area contributed by atoms with Crippen LogP contribution in [0, 0.1) is 0 Å². The van der Waals surface area contributed by atoms with Crippen molar-refractivity contribution in [3.05, 3.63) is 6.33 Å². The van der Waals surface area contributed by atoms with Gasteiger partial charge in [0.2, 0.25) is 0 Å². The molecule has 78 valence electrons. The van der Waals surface area contributed by atoms with Gasteiger partial charge in [-0.15, -0.1) is 10.2 Å². The van der Waals surface area contributed by atoms with Crippen molar-refractivity contribution in [2.45, 2.75) is 57.4 Å². The van der Waals surface area contributed by atoms with Crippen LogP contribution in [0.5, 0.6) is 0 Å². The molecule has 0 aromatic carbocycles. The van der Waals surface area contributed by atoms with Crippen LogP contribution in [0.25, 0.3) is 0 Å². The maximum Gasteiger partial charge on any atom is 0.162 e. The lowest BCUT2D eigenvalue weighted by atomic mass is 10.1. The number of hydrogen-bond acceptors (Lipinski definition) is 3. The van der Waals surface area contributed by atoms with Gasteiger partial charge in [0.15, 0.2) is 6.33 Å². The zero-order valence-corrected chi connectivity index (χ0v) is 8.60. The maximum absolute atomic E-state index is 4.14. The molecule has 0 amide bonds. The third-order valence-corrected chi connectivity index (χ3v) is 3.02. The van der Waals surface area contributed by atoms with Gasteiger partial charge in [0, 0.05) is 0 Å². The molecule has 0 N–H and O–H groups in total. The van der Waals surface area contributed by atoms with E-state index in [-0.39, 0.29) is 0 Å². The minimum Gasteiger partial charge on any atom is -0.161 e. The summed E-state index contributed by atoms with van der Waals surface area (Å²) >= 11 is 0. The van der Waals surface area contributed by atoms with E-state index in [0.29, 0.717) is 6.04 Å². The highest BCUT2D eigenvalue weighted by Crippen LogP contribution is 2.23. The molecule has 0 aliphatic heterocycles. The molecule has 1 aliphatic carbocycles. The molecule has 1 fully saturated rings. The third-order valence-electron chi connectivity index (χ3n) is 3.02. The minimum atomic E-state index is 0.496. The monoisotopic (exact) mass is 194 g/mol. The topological polar surface area (TPSA) is 43.6 Å². The van der Waals surface area contributed by atoms with E-state index in [1.54, 1.807) is 4.80 Å². The Balaban J connectivity index is 1.94. The Morgan fingerprint density at radius 3 is 2.14 bits per heavy atom. The molecular weight excluding hydrogens is 176 g/mol. The van der Waals surface area contributed by atoms with Gasteiger partial charge in [0.25, 0.3) is 0 Å². The fraction of sp³-hybridized carbons (Fsp3) is 0.900. The molecule has 0 unspecified atom stereocenters. The Morgan fingerprint density at radius 1 is 0.929 bits per heavy atom. The van der Waals surface area contributed by atoms with Gasteiger partial charge < -0.3 is 0 Å². The average Bonchev–Trinajstić information content (AvgIpc) is 2.75. The smallest absolute Gasteiger partial charge is 0.161 e. The van der Waals surface area contributed by atoms with Gasteiger partial charge in [-0.1, -0.05) is 38.5 Å². The van der Waals surface area contributed by atoms with Crippen molar-refractivity contribution < 1.29 is 0 Å². The van der Waals surface area contributed by atoms with Crippen LogP contribution < -0.4 is 0 Å². The van der Waals surface area contributed by atoms with Gasteiger partial charge in [-0.25, -0.2) is 0 Å². The summed E-state index contributed by atoms with van der Waals surface area (Å²) in [6, 6.07) is 0.496. The van der Waals surface area contributed by atoms with Gasteiger partial charge in [-0.3, -0.25) is 0 Å². The highest BCUT2D eigenvalue weighted by Gasteiger charge is 2.13. The van der Waals surface area contributed by atoms with E-state index >= 15 is 0 Å². The van der Waals surface area contributed by atoms with Crippen LogP contribution in [-0.4, -0.2) is 20.2 Å². The summed E-state index contributed by atoms with van der Waals surface area (Å²) in [6.07, 6.45) is 12.1. The van der Waals surface area contributed by atoms with E-state index in [4.69, 9.17) is 0 Å². The molecule has 1 aliphatic rings. The van der Waals surface area contributed by atoms with Crippen molar-refractivity contribution in [3.8, 4) is 0 Å². The maximum atomic E-state index is 4.14. The van der Waals surface area contributed by atoms with E-state index in [0.717, 1.165) is 0 Å². The van der Waals surface area contributed by atoms with Crippen molar-refractivity contribution in [1.29, 1.82) is 0 Å². The molecule has 0 atom stereocenters. The number of tetrazole rings is 1. The summed E-state index contributed by atoms with van der Waals surface area (Å²) in [5.41, 5.74) is 0. The fourth-order valence-corrected chi connectivity index (χ4v) is 2.18. The molecule has 4 nitrogen and oxygen atoms in total. The SMILES string of the molecule is c1nnn(C2CCCCCCCC2)n1. The Hall–Kier alpha value is -0.930. The quantitative estimate of drug-likeness (QED) is 0.689. The number of hydrogen-bond donors (Lipinski definition) is 0. The Bertz CT molecular complexity index is 235. The lowest BCUT2D eigenvalue weighted by molar-refractivity contribution is 0.340. The second-order valence-corrected chi connectivity index (χ2v) is 4.11. The van der Waals surface area contributed by atoms with Crippen LogP contribution in [0.2, 0.25) is 0 Å². The lowest BCUT2D eigenvalue weighted by Crippen LogP contribution is -2.12. The Kier molecular flexibility index (Phi) is 3.49. The first kappa shape index (κ1) is 9.62. The summed E-state index contributed by atoms with van der Waals surface area (Å²) < 4.78 is 0. The summed E-state index contributed by atoms with van der Waals surface area (Å²) in [7, 11) is 0. The van der Waals surface area contributed by atoms with Gasteiger partial charge in [-0.2, -0.15) is 4.80 Å². The first-order chi connectivity index (χ1) is 6.97. The first-order valence-electron chi connectivity index (χ1n) is 5.69. The second-order valence-electron chi connectivity index (χ2n) is 4.11. The second kappa shape index (κ2) is 5.08. The Morgan fingerprint density at radius 2 is 1.57 bits per heavy atom. The molecule has 14 heavy (non-hydrogen) atoms. The number of rotatable bonds is 1. The summed E-state index contributed by atoms with van der Waals surface area (Å²) in [5.74, 6) is 0. The molecule has 0 radical (unpaired) electrons. The normalized spacial score (nSPS) is 21.1. The molecule has 2 rings (SSSR count). The molecule has 1 heterocycles. The molecule has 0 saturated heterocycles. The van der Waals surface area contributed by atoms with Gasteiger partial charge in [0.05, 0.1) is 6.04 Å². The fourth-order valence-electron chi connectivity index (χ4n) is 2.18. The standard InChI is InChI=1S/C10H18N4/c1-2-4-6-8-10(7-5-3-1)14-12-9-11-13-14/h9-10H,1-8H2. The lowest BCUT2D eigenvalue weighted by Gasteiger charge is -2.13. The zero-order chi connectivity index (χ0) is 9.64. The van der Waals surface area contributed by atoms with Crippen LogP contribution >= 0.6 is 0 Å². The van der Waals surface area contributed by atoms with Crippen molar-refractivity contribution in [2.75, 3.05) is 0 Å². The number of nitrogens with zero attached hydrogens (tertiary/aromatic N) is 4. The van der Waals surface area contributed by atoms with E-state index < -0.39 is 0 Å². The van der Waals surface area contributed by atoms with E-state index in [9.17, 15) is 0 Å². The van der Waals surface area contributed by atoms with E-state index in [1.807, 2.05) is 0 Å². The largest absolute Gasteiger partial charge is 0.162 e. The highest BCUT2D eigenvalue weighted by molar-refractivity contribution is 4.64. The van der Waals surface area contributed by atoms with Gasteiger partial charge in [0.1, 0.15) is 0 Å². The molecule has 1 aromatic heterocycles. The van der Waals surface area contributed by atoms with E-state index in [1.165, 1.54) is 57.7 Å². The molecule has 1 aromatic rings. The van der Waals surface area contributed by atoms with Crippen LogP contribution in [0.1, 0.15) is 57.4 Å². The van der Waals surface area contributed by atoms with Crippen LogP contribution in [0.3, 0.4) is 0 Å². The first-order valence-corrected chi connectivity index (χ1v) is 5.69. The van der Waals surface area contributed by atoms with E-state index in [2.05, 4.69) is 15.4 Å². The highest BCUT2D eigenvalue weighted by atomic mass is 15.6. The van der Waals surface area contributed by atoms with Crippen LogP contribution in [0.4, 0.5) is 0 Å². The van der Waals surface area contributed by atoms with Crippen molar-refractivity contribution >= 4 is 0 Å². The molecule has 1 saturated carbocycles. The molecular formula is C10H18N4. The summed E-state index contributed by atoms with van der Waals surface area (Å²) in [6.45, 7) is 0. The molecule has 0 bridgehead atoms. The van der Waals surface area contributed by atoms with Crippen LogP contribution in [-0.2, 0) is 0 Å². The zero-order valence-electron chi connectivity index (χ0n) is 8.60. The predicted molar refractivity (Wildman–Crippen MR) is 53.8 cm³/mol. The van der Waals surface area contributed by atoms with Crippen molar-refractivity contribution in [3.63, 3.8) is 0 Å². The Labute approximate surface area is 84.7 Å². The third kappa shape index (κ3) is 2.53. The summed E-state index contributed by atoms with van der Waals surface area (Å²) in [5, 5.41) is 11.9. The number of aromatic nitrogens is 4. The van der Waals surface area contributed by atoms with Crippen molar-refractivity contribution in [2.24, 2.45) is 0 Å². The molecule has 4 heteroatoms. The minimum absolute atomic E-state index is 0.496.